The first-order chi connectivity index (χ1) is 28.7. The van der Waals surface area contributed by atoms with Gasteiger partial charge in [0, 0.05) is 12.7 Å². The van der Waals surface area contributed by atoms with Crippen LogP contribution in [0.25, 0.3) is 0 Å². The molecule has 0 aromatic rings. The van der Waals surface area contributed by atoms with E-state index < -0.39 is 12.1 Å². The number of hydrogen-bond donors (Lipinski definition) is 3. The van der Waals surface area contributed by atoms with Crippen molar-refractivity contribution in [2.24, 2.45) is 0 Å². The molecule has 0 radical (unpaired) electrons. The molecule has 3 N–H and O–H groups in total. The Morgan fingerprint density at radius 3 is 0.705 bits per heavy atom. The number of hydrogen-bond acceptors (Lipinski definition) is 16. The molecule has 0 aromatic carbocycles. The number of carboxylic acid groups (broad SMARTS) is 1. The quantitative estimate of drug-likeness (QED) is 0.0727. The Morgan fingerprint density at radius 1 is 0.393 bits per heavy atom. The Bertz CT molecular complexity index is 1010. The van der Waals surface area contributed by atoms with Crippen molar-refractivity contribution in [3.8, 4) is 0 Å². The zero-order valence-corrected chi connectivity index (χ0v) is 40.2. The van der Waals surface area contributed by atoms with Gasteiger partial charge >= 0.3 is 5.97 Å². The molecule has 0 heterocycles. The normalized spacial score (nSPS) is 18.3. The van der Waals surface area contributed by atoms with E-state index in [1.165, 1.54) is 6.92 Å². The summed E-state index contributed by atoms with van der Waals surface area (Å²) in [5.74, 6) is -0.935. The van der Waals surface area contributed by atoms with E-state index in [-0.39, 0.29) is 98.6 Å². The average Bonchev–Trinajstić information content (AvgIpc) is 3.22. The van der Waals surface area contributed by atoms with E-state index in [9.17, 15) is 9.90 Å². The molecule has 61 heavy (non-hydrogen) atoms. The summed E-state index contributed by atoms with van der Waals surface area (Å²) in [4.78, 5) is 9.60. The molecule has 366 valence electrons. The first-order valence-electron chi connectivity index (χ1n) is 21.7. The Balaban J connectivity index is 0. The summed E-state index contributed by atoms with van der Waals surface area (Å²) >= 11 is 0. The number of rotatable bonds is 40. The molecule has 0 saturated heterocycles. The highest BCUT2D eigenvalue weighted by molar-refractivity contribution is 5.84. The van der Waals surface area contributed by atoms with Gasteiger partial charge in [0.15, 0.2) is 0 Å². The maximum Gasteiger partial charge on any atom is 0.330 e. The molecule has 0 aliphatic carbocycles. The van der Waals surface area contributed by atoms with Crippen molar-refractivity contribution in [2.45, 2.75) is 169 Å². The minimum absolute atomic E-state index is 0.00889. The first kappa shape index (κ1) is 61.7. The highest BCUT2D eigenvalue weighted by atomic mass is 16.6. The molecular formula is C44H88O17. The molecule has 13 unspecified atom stereocenters. The summed E-state index contributed by atoms with van der Waals surface area (Å²) in [5, 5.41) is 26.6. The molecule has 0 aromatic heterocycles. The van der Waals surface area contributed by atoms with Crippen LogP contribution in [0.15, 0.2) is 12.2 Å². The maximum absolute atomic E-state index is 9.69. The summed E-state index contributed by atoms with van der Waals surface area (Å²) in [6.07, 6.45) is -1.95. The predicted molar refractivity (Wildman–Crippen MR) is 232 cm³/mol. The number of aliphatic hydroxyl groups is 2. The van der Waals surface area contributed by atoms with Crippen molar-refractivity contribution >= 4 is 5.97 Å². The van der Waals surface area contributed by atoms with Gasteiger partial charge in [-0.15, -0.1) is 0 Å². The maximum atomic E-state index is 9.69. The van der Waals surface area contributed by atoms with Gasteiger partial charge in [-0.25, -0.2) is 4.79 Å². The van der Waals surface area contributed by atoms with Crippen molar-refractivity contribution in [1.29, 1.82) is 0 Å². The fourth-order valence-corrected chi connectivity index (χ4v) is 4.40. The molecule has 0 aliphatic heterocycles. The van der Waals surface area contributed by atoms with Gasteiger partial charge in [-0.1, -0.05) is 6.58 Å². The zero-order valence-electron chi connectivity index (χ0n) is 40.2. The van der Waals surface area contributed by atoms with Gasteiger partial charge in [-0.2, -0.15) is 0 Å². The van der Waals surface area contributed by atoms with Crippen LogP contribution < -0.4 is 0 Å². The van der Waals surface area contributed by atoms with Crippen LogP contribution in [0.2, 0.25) is 0 Å². The number of aliphatic hydroxyl groups excluding tert-OH is 2. The van der Waals surface area contributed by atoms with Gasteiger partial charge < -0.3 is 76.9 Å². The smallest absolute Gasteiger partial charge is 0.330 e. The highest BCUT2D eigenvalue weighted by Crippen LogP contribution is 2.07. The molecule has 17 nitrogen and oxygen atoms in total. The van der Waals surface area contributed by atoms with Gasteiger partial charge in [0.05, 0.1) is 166 Å². The van der Waals surface area contributed by atoms with Gasteiger partial charge in [0.1, 0.15) is 6.10 Å². The van der Waals surface area contributed by atoms with Gasteiger partial charge in [-0.3, -0.25) is 0 Å². The van der Waals surface area contributed by atoms with E-state index in [4.69, 9.17) is 71.8 Å². The largest absolute Gasteiger partial charge is 0.478 e. The molecule has 13 atom stereocenters. The molecule has 0 amide bonds. The Morgan fingerprint density at radius 2 is 0.557 bits per heavy atom. The Hall–Kier alpha value is -1.39. The lowest BCUT2D eigenvalue weighted by Gasteiger charge is -2.23. The Labute approximate surface area is 368 Å². The van der Waals surface area contributed by atoms with Crippen LogP contribution in [0.1, 0.15) is 90.0 Å². The molecule has 0 fully saturated rings. The second-order valence-electron chi connectivity index (χ2n) is 16.1. The standard InChI is InChI=1S/C40H82O15.C4H6O2/c1-28(14-41)44-15-29(2)45-16-30(3)46-17-31(4)47-18-32(5)48-19-33(6)49-20-34(7)50-21-35(8)51-22-36(9)52-23-37(10)53-24-38(11)54-25-39(12)55-27-40(42)26-43-13;1-3(2)4(5)6/h28-42H,14-27H2,1-13H3;1H2,2H3,(H,5,6). The van der Waals surface area contributed by atoms with Crippen LogP contribution in [-0.4, -0.2) is 200 Å². The van der Waals surface area contributed by atoms with Crippen LogP contribution in [0.5, 0.6) is 0 Å². The predicted octanol–water partition coefficient (Wildman–Crippen LogP) is 4.49. The average molecular weight is 889 g/mol. The number of methoxy groups -OCH3 is 1. The van der Waals surface area contributed by atoms with Crippen LogP contribution in [-0.2, 0) is 66.4 Å². The lowest BCUT2D eigenvalue weighted by molar-refractivity contribution is -0.132. The van der Waals surface area contributed by atoms with Crippen molar-refractivity contribution < 1.29 is 81.7 Å². The van der Waals surface area contributed by atoms with E-state index in [1.807, 2.05) is 83.1 Å². The number of carbonyl (C=O) groups is 1. The summed E-state index contributed by atoms with van der Waals surface area (Å²) in [5.41, 5.74) is 0.176. The zero-order chi connectivity index (χ0) is 46.8. The summed E-state index contributed by atoms with van der Waals surface area (Å²) < 4.78 is 74.9. The third-order valence-electron chi connectivity index (χ3n) is 8.32. The van der Waals surface area contributed by atoms with E-state index in [0.29, 0.717) is 72.7 Å². The van der Waals surface area contributed by atoms with Crippen LogP contribution in [0.3, 0.4) is 0 Å². The third kappa shape index (κ3) is 41.1. The fraction of sp³-hybridized carbons (Fsp3) is 0.932. The topological polar surface area (TPSA) is 198 Å². The molecule has 17 heteroatoms. The van der Waals surface area contributed by atoms with Crippen molar-refractivity contribution in [3.05, 3.63) is 12.2 Å². The monoisotopic (exact) mass is 889 g/mol. The molecule has 0 rings (SSSR count). The van der Waals surface area contributed by atoms with Crippen LogP contribution in [0.4, 0.5) is 0 Å². The van der Waals surface area contributed by atoms with Gasteiger partial charge in [0.2, 0.25) is 0 Å². The van der Waals surface area contributed by atoms with E-state index >= 15 is 0 Å². The molecule has 0 spiro atoms. The first-order valence-corrected chi connectivity index (χ1v) is 21.7. The molecule has 0 saturated carbocycles. The van der Waals surface area contributed by atoms with E-state index in [1.54, 1.807) is 7.11 Å². The van der Waals surface area contributed by atoms with Crippen LogP contribution in [0, 0.1) is 0 Å². The molecular weight excluding hydrogens is 800 g/mol. The summed E-state index contributed by atoms with van der Waals surface area (Å²) in [6.45, 7) is 33.2. The minimum atomic E-state index is -0.935. The lowest BCUT2D eigenvalue weighted by Crippen LogP contribution is -2.31. The summed E-state index contributed by atoms with van der Waals surface area (Å²) in [6, 6.07) is 0. The lowest BCUT2D eigenvalue weighted by atomic mass is 10.3. The molecule has 0 bridgehead atoms. The number of ether oxygens (including phenoxy) is 13. The highest BCUT2D eigenvalue weighted by Gasteiger charge is 2.17. The van der Waals surface area contributed by atoms with Crippen molar-refractivity contribution in [2.75, 3.05) is 99.6 Å². The van der Waals surface area contributed by atoms with Crippen molar-refractivity contribution in [1.82, 2.24) is 0 Å². The molecule has 0 aliphatic rings. The van der Waals surface area contributed by atoms with Gasteiger partial charge in [-0.05, 0) is 90.0 Å². The minimum Gasteiger partial charge on any atom is -0.478 e. The summed E-state index contributed by atoms with van der Waals surface area (Å²) in [7, 11) is 1.54. The second-order valence-corrected chi connectivity index (χ2v) is 16.1. The Kier molecular flexibility index (Phi) is 39.5. The van der Waals surface area contributed by atoms with E-state index in [0.717, 1.165) is 0 Å². The SMILES string of the molecule is C=C(C)C(=O)O.COCC(O)COC(C)COC(C)COC(C)COC(C)COC(C)COC(C)COC(C)COC(C)COC(C)COC(C)COC(C)COC(C)CO. The third-order valence-corrected chi connectivity index (χ3v) is 8.32. The van der Waals surface area contributed by atoms with Gasteiger partial charge in [0.25, 0.3) is 0 Å². The number of carboxylic acids is 1. The second kappa shape index (κ2) is 39.0. The fourth-order valence-electron chi connectivity index (χ4n) is 4.40. The number of aliphatic carboxylic acids is 1. The van der Waals surface area contributed by atoms with Crippen molar-refractivity contribution in [3.63, 3.8) is 0 Å². The van der Waals surface area contributed by atoms with Crippen LogP contribution >= 0.6 is 0 Å². The van der Waals surface area contributed by atoms with E-state index in [2.05, 4.69) is 6.58 Å².